The van der Waals surface area contributed by atoms with Gasteiger partial charge in [-0.15, -0.1) is 11.3 Å². The first-order valence-corrected chi connectivity index (χ1v) is 7.84. The van der Waals surface area contributed by atoms with Crippen LogP contribution in [0.1, 0.15) is 17.7 Å². The molecule has 0 atom stereocenters. The Morgan fingerprint density at radius 3 is 2.71 bits per heavy atom. The Morgan fingerprint density at radius 1 is 1.43 bits per heavy atom. The summed E-state index contributed by atoms with van der Waals surface area (Å²) in [5.74, 6) is -0.968. The van der Waals surface area contributed by atoms with E-state index in [4.69, 9.17) is 21.4 Å². The lowest BCUT2D eigenvalue weighted by Crippen LogP contribution is -2.45. The van der Waals surface area contributed by atoms with E-state index in [-0.39, 0.29) is 18.7 Å². The molecule has 0 radical (unpaired) electrons. The van der Waals surface area contributed by atoms with Crippen molar-refractivity contribution in [2.45, 2.75) is 25.5 Å². The molecule has 1 fully saturated rings. The fourth-order valence-corrected chi connectivity index (χ4v) is 3.16. The summed E-state index contributed by atoms with van der Waals surface area (Å²) in [5, 5.41) is 11.4. The summed E-state index contributed by atoms with van der Waals surface area (Å²) in [6, 6.07) is 3.58. The van der Waals surface area contributed by atoms with Gasteiger partial charge in [0.05, 0.1) is 17.0 Å². The van der Waals surface area contributed by atoms with Crippen LogP contribution in [0.25, 0.3) is 0 Å². The molecular weight excluding hydrogens is 316 g/mol. The number of carbonyl (C=O) groups excluding carboxylic acids is 1. The SMILES string of the molecule is O=C(O)COC1CCN(C(=O)NCc2ccc(Cl)s2)CC1. The maximum absolute atomic E-state index is 12.0. The number of piperidine rings is 1. The van der Waals surface area contributed by atoms with Crippen molar-refractivity contribution in [3.05, 3.63) is 21.3 Å². The monoisotopic (exact) mass is 332 g/mol. The highest BCUT2D eigenvalue weighted by atomic mass is 35.5. The van der Waals surface area contributed by atoms with Gasteiger partial charge >= 0.3 is 12.0 Å². The first-order valence-electron chi connectivity index (χ1n) is 6.65. The number of amides is 2. The molecule has 116 valence electrons. The molecule has 1 aromatic rings. The van der Waals surface area contributed by atoms with Crippen LogP contribution in [-0.4, -0.2) is 47.8 Å². The standard InChI is InChI=1S/C13H17ClN2O4S/c14-11-2-1-10(21-11)7-15-13(19)16-5-3-9(4-6-16)20-8-12(17)18/h1-2,9H,3-8H2,(H,15,19)(H,17,18). The number of carboxylic acid groups (broad SMARTS) is 1. The number of thiophene rings is 1. The molecule has 0 bridgehead atoms. The molecule has 0 aromatic carbocycles. The fraction of sp³-hybridized carbons (Fsp3) is 0.538. The van der Waals surface area contributed by atoms with E-state index in [1.165, 1.54) is 11.3 Å². The Hall–Kier alpha value is -1.31. The highest BCUT2D eigenvalue weighted by molar-refractivity contribution is 7.16. The van der Waals surface area contributed by atoms with Crippen LogP contribution in [-0.2, 0) is 16.1 Å². The van der Waals surface area contributed by atoms with Gasteiger partial charge in [0.2, 0.25) is 0 Å². The zero-order chi connectivity index (χ0) is 15.2. The van der Waals surface area contributed by atoms with Crippen molar-refractivity contribution in [1.82, 2.24) is 10.2 Å². The molecule has 2 amide bonds. The number of carboxylic acids is 1. The summed E-state index contributed by atoms with van der Waals surface area (Å²) in [7, 11) is 0. The van der Waals surface area contributed by atoms with E-state index in [9.17, 15) is 9.59 Å². The number of rotatable bonds is 5. The van der Waals surface area contributed by atoms with E-state index in [2.05, 4.69) is 5.32 Å². The predicted molar refractivity (Wildman–Crippen MR) is 79.7 cm³/mol. The lowest BCUT2D eigenvalue weighted by Gasteiger charge is -2.31. The molecule has 1 aliphatic rings. The summed E-state index contributed by atoms with van der Waals surface area (Å²) in [4.78, 5) is 25.2. The topological polar surface area (TPSA) is 78.9 Å². The molecule has 1 aliphatic heterocycles. The number of hydrogen-bond donors (Lipinski definition) is 2. The van der Waals surface area contributed by atoms with Gasteiger partial charge in [0.15, 0.2) is 0 Å². The quantitative estimate of drug-likeness (QED) is 0.866. The van der Waals surface area contributed by atoms with E-state index < -0.39 is 5.97 Å². The number of nitrogens with zero attached hydrogens (tertiary/aromatic N) is 1. The average molecular weight is 333 g/mol. The number of ether oxygens (including phenoxy) is 1. The third kappa shape index (κ3) is 5.18. The van der Waals surface area contributed by atoms with E-state index in [1.54, 1.807) is 11.0 Å². The van der Waals surface area contributed by atoms with Crippen molar-refractivity contribution < 1.29 is 19.4 Å². The maximum atomic E-state index is 12.0. The number of nitrogens with one attached hydrogen (secondary N) is 1. The molecule has 2 heterocycles. The molecule has 8 heteroatoms. The molecule has 1 saturated heterocycles. The second-order valence-corrected chi connectivity index (χ2v) is 6.56. The zero-order valence-electron chi connectivity index (χ0n) is 11.4. The van der Waals surface area contributed by atoms with Gasteiger partial charge in [-0.05, 0) is 25.0 Å². The molecule has 2 rings (SSSR count). The van der Waals surface area contributed by atoms with Crippen molar-refractivity contribution in [2.75, 3.05) is 19.7 Å². The summed E-state index contributed by atoms with van der Waals surface area (Å²) in [6.07, 6.45) is 1.23. The molecule has 6 nitrogen and oxygen atoms in total. The van der Waals surface area contributed by atoms with E-state index in [0.717, 1.165) is 4.88 Å². The van der Waals surface area contributed by atoms with E-state index >= 15 is 0 Å². The molecule has 2 N–H and O–H groups in total. The minimum Gasteiger partial charge on any atom is -0.480 e. The van der Waals surface area contributed by atoms with Crippen LogP contribution in [0.15, 0.2) is 12.1 Å². The van der Waals surface area contributed by atoms with Gasteiger partial charge in [0.25, 0.3) is 0 Å². The largest absolute Gasteiger partial charge is 0.480 e. The molecular formula is C13H17ClN2O4S. The average Bonchev–Trinajstić information content (AvgIpc) is 2.89. The Morgan fingerprint density at radius 2 is 2.14 bits per heavy atom. The lowest BCUT2D eigenvalue weighted by molar-refractivity contribution is -0.145. The Kier molecular flexibility index (Phi) is 5.84. The molecule has 0 unspecified atom stereocenters. The maximum Gasteiger partial charge on any atom is 0.329 e. The van der Waals surface area contributed by atoms with Crippen LogP contribution in [0.5, 0.6) is 0 Å². The summed E-state index contributed by atoms with van der Waals surface area (Å²) >= 11 is 7.27. The minimum absolute atomic E-state index is 0.0822. The second-order valence-electron chi connectivity index (χ2n) is 4.76. The lowest BCUT2D eigenvalue weighted by atomic mass is 10.1. The number of carbonyl (C=O) groups is 2. The smallest absolute Gasteiger partial charge is 0.329 e. The second kappa shape index (κ2) is 7.63. The molecule has 0 spiro atoms. The van der Waals surface area contributed by atoms with Crippen LogP contribution in [0, 0.1) is 0 Å². The molecule has 0 aliphatic carbocycles. The van der Waals surface area contributed by atoms with E-state index in [0.29, 0.717) is 36.8 Å². The van der Waals surface area contributed by atoms with Crippen molar-refractivity contribution in [1.29, 1.82) is 0 Å². The number of likely N-dealkylation sites (tertiary alicyclic amines) is 1. The minimum atomic E-state index is -0.968. The van der Waals surface area contributed by atoms with Crippen LogP contribution < -0.4 is 5.32 Å². The van der Waals surface area contributed by atoms with Gasteiger partial charge < -0.3 is 20.1 Å². The molecule has 1 aromatic heterocycles. The first kappa shape index (κ1) is 16.1. The highest BCUT2D eigenvalue weighted by Crippen LogP contribution is 2.21. The Bertz CT molecular complexity index is 500. The van der Waals surface area contributed by atoms with Gasteiger partial charge in [0.1, 0.15) is 6.61 Å². The fourth-order valence-electron chi connectivity index (χ4n) is 2.14. The number of urea groups is 1. The van der Waals surface area contributed by atoms with Gasteiger partial charge in [0, 0.05) is 18.0 Å². The third-order valence-corrected chi connectivity index (χ3v) is 4.45. The number of halogens is 1. The van der Waals surface area contributed by atoms with Gasteiger partial charge in [-0.1, -0.05) is 11.6 Å². The van der Waals surface area contributed by atoms with Crippen molar-refractivity contribution in [3.63, 3.8) is 0 Å². The van der Waals surface area contributed by atoms with Crippen molar-refractivity contribution >= 4 is 34.9 Å². The highest BCUT2D eigenvalue weighted by Gasteiger charge is 2.23. The third-order valence-electron chi connectivity index (χ3n) is 3.21. The summed E-state index contributed by atoms with van der Waals surface area (Å²) < 4.78 is 5.94. The van der Waals surface area contributed by atoms with Crippen LogP contribution in [0.4, 0.5) is 4.79 Å². The number of hydrogen-bond acceptors (Lipinski definition) is 4. The Labute approximate surface area is 131 Å². The zero-order valence-corrected chi connectivity index (χ0v) is 13.0. The predicted octanol–water partition coefficient (Wildman–Crippen LogP) is 2.18. The van der Waals surface area contributed by atoms with E-state index in [1.807, 2.05) is 6.07 Å². The summed E-state index contributed by atoms with van der Waals surface area (Å²) in [5.41, 5.74) is 0. The first-order chi connectivity index (χ1) is 10.0. The van der Waals surface area contributed by atoms with Gasteiger partial charge in [-0.3, -0.25) is 0 Å². The van der Waals surface area contributed by atoms with Gasteiger partial charge in [-0.25, -0.2) is 9.59 Å². The van der Waals surface area contributed by atoms with Gasteiger partial charge in [-0.2, -0.15) is 0 Å². The van der Waals surface area contributed by atoms with Crippen LogP contribution in [0.2, 0.25) is 4.34 Å². The van der Waals surface area contributed by atoms with Crippen LogP contribution in [0.3, 0.4) is 0 Å². The normalized spacial score (nSPS) is 16.0. The molecule has 0 saturated carbocycles. The Balaban J connectivity index is 1.69. The molecule has 21 heavy (non-hydrogen) atoms. The van der Waals surface area contributed by atoms with Crippen molar-refractivity contribution in [3.8, 4) is 0 Å². The van der Waals surface area contributed by atoms with Crippen molar-refractivity contribution in [2.24, 2.45) is 0 Å². The van der Waals surface area contributed by atoms with Crippen LogP contribution >= 0.6 is 22.9 Å². The number of aliphatic carboxylic acids is 1. The summed E-state index contributed by atoms with van der Waals surface area (Å²) in [6.45, 7) is 1.32.